The Labute approximate surface area is 205 Å². The minimum Gasteiger partial charge on any atom is -0.484 e. The molecule has 2 N–H and O–H groups in total. The Morgan fingerprint density at radius 3 is 2.43 bits per heavy atom. The number of fused-ring (bicyclic) bond motifs is 1. The highest BCUT2D eigenvalue weighted by Crippen LogP contribution is 2.30. The lowest BCUT2D eigenvalue weighted by Crippen LogP contribution is -2.39. The fourth-order valence-corrected chi connectivity index (χ4v) is 4.87. The summed E-state index contributed by atoms with van der Waals surface area (Å²) >= 11 is 1.26. The van der Waals surface area contributed by atoms with Gasteiger partial charge in [-0.15, -0.1) is 0 Å². The number of thiazole rings is 1. The second-order valence-electron chi connectivity index (χ2n) is 8.04. The molecule has 0 bridgehead atoms. The highest BCUT2D eigenvalue weighted by Gasteiger charge is 2.33. The first kappa shape index (κ1) is 24.2. The summed E-state index contributed by atoms with van der Waals surface area (Å²) in [5.41, 5.74) is 8.38. The average molecular weight is 492 g/mol. The molecule has 8 nitrogen and oxygen atoms in total. The lowest BCUT2D eigenvalue weighted by atomic mass is 9.95. The van der Waals surface area contributed by atoms with Gasteiger partial charge in [0, 0.05) is 0 Å². The molecule has 0 aliphatic carbocycles. The average Bonchev–Trinajstić information content (AvgIpc) is 3.12. The lowest BCUT2D eigenvalue weighted by Gasteiger charge is -2.24. The molecule has 1 aromatic heterocycles. The molecule has 0 spiro atoms. The molecule has 1 atom stereocenters. The smallest absolute Gasteiger partial charge is 0.338 e. The highest BCUT2D eigenvalue weighted by molar-refractivity contribution is 7.07. The summed E-state index contributed by atoms with van der Waals surface area (Å²) in [5, 5.41) is 0. The van der Waals surface area contributed by atoms with Crippen molar-refractivity contribution >= 4 is 29.3 Å². The molecule has 1 amide bonds. The van der Waals surface area contributed by atoms with Gasteiger partial charge in [0.2, 0.25) is 0 Å². The molecule has 2 heterocycles. The summed E-state index contributed by atoms with van der Waals surface area (Å²) < 4.78 is 12.6. The van der Waals surface area contributed by atoms with Crippen molar-refractivity contribution in [3.8, 4) is 5.75 Å². The van der Waals surface area contributed by atoms with Crippen LogP contribution in [0.25, 0.3) is 6.08 Å². The fourth-order valence-electron chi connectivity index (χ4n) is 3.82. The number of hydrogen-bond acceptors (Lipinski definition) is 7. The van der Waals surface area contributed by atoms with E-state index in [1.807, 2.05) is 31.2 Å². The first-order valence-electron chi connectivity index (χ1n) is 11.1. The van der Waals surface area contributed by atoms with Crippen LogP contribution in [0.4, 0.5) is 0 Å². The molecule has 35 heavy (non-hydrogen) atoms. The largest absolute Gasteiger partial charge is 0.484 e. The predicted octanol–water partition coefficient (Wildman–Crippen LogP) is 1.97. The number of ether oxygens (including phenoxy) is 2. The van der Waals surface area contributed by atoms with Crippen molar-refractivity contribution in [1.29, 1.82) is 0 Å². The Bertz CT molecular complexity index is 1480. The van der Waals surface area contributed by atoms with Gasteiger partial charge in [-0.1, -0.05) is 53.3 Å². The normalized spacial score (nSPS) is 15.4. The van der Waals surface area contributed by atoms with Crippen molar-refractivity contribution in [1.82, 2.24) is 4.57 Å². The summed E-state index contributed by atoms with van der Waals surface area (Å²) in [7, 11) is 0. The zero-order chi connectivity index (χ0) is 25.1. The van der Waals surface area contributed by atoms with Gasteiger partial charge in [-0.05, 0) is 50.1 Å². The van der Waals surface area contributed by atoms with Crippen molar-refractivity contribution < 1.29 is 19.1 Å². The molecule has 0 saturated heterocycles. The molecule has 0 unspecified atom stereocenters. The number of rotatable bonds is 7. The molecule has 3 aromatic rings. The van der Waals surface area contributed by atoms with Crippen LogP contribution in [-0.2, 0) is 14.3 Å². The molecule has 9 heteroatoms. The second-order valence-corrected chi connectivity index (χ2v) is 9.05. The number of aryl methyl sites for hydroxylation is 1. The van der Waals surface area contributed by atoms with E-state index in [2.05, 4.69) is 4.99 Å². The summed E-state index contributed by atoms with van der Waals surface area (Å²) in [6, 6.07) is 14.0. The Hall–Kier alpha value is -3.98. The molecular weight excluding hydrogens is 466 g/mol. The zero-order valence-corrected chi connectivity index (χ0v) is 20.4. The van der Waals surface area contributed by atoms with Gasteiger partial charge in [0.25, 0.3) is 11.5 Å². The fraction of sp³-hybridized carbons (Fsp3) is 0.231. The molecule has 1 aliphatic heterocycles. The summed E-state index contributed by atoms with van der Waals surface area (Å²) in [5.74, 6) is -0.549. The van der Waals surface area contributed by atoms with Gasteiger partial charge in [0.05, 0.1) is 28.5 Å². The number of allylic oxidation sites excluding steroid dienone is 1. The van der Waals surface area contributed by atoms with Crippen LogP contribution in [0.1, 0.15) is 36.6 Å². The van der Waals surface area contributed by atoms with Crippen molar-refractivity contribution in [2.45, 2.75) is 26.8 Å². The molecular formula is C26H25N3O5S. The van der Waals surface area contributed by atoms with Gasteiger partial charge < -0.3 is 15.2 Å². The molecule has 0 saturated carbocycles. The van der Waals surface area contributed by atoms with Gasteiger partial charge in [0.1, 0.15) is 5.75 Å². The maximum absolute atomic E-state index is 13.6. The van der Waals surface area contributed by atoms with Crippen LogP contribution >= 0.6 is 11.3 Å². The molecule has 180 valence electrons. The third kappa shape index (κ3) is 5.09. The van der Waals surface area contributed by atoms with Crippen LogP contribution in [0.15, 0.2) is 69.6 Å². The Morgan fingerprint density at radius 1 is 1.11 bits per heavy atom. The number of nitrogens with zero attached hydrogens (tertiary/aromatic N) is 2. The van der Waals surface area contributed by atoms with Crippen LogP contribution in [0.5, 0.6) is 5.75 Å². The number of primary amides is 1. The Morgan fingerprint density at radius 2 is 1.80 bits per heavy atom. The number of benzene rings is 2. The molecule has 1 aliphatic rings. The lowest BCUT2D eigenvalue weighted by molar-refractivity contribution is -0.139. The van der Waals surface area contributed by atoms with Crippen LogP contribution in [-0.4, -0.2) is 29.7 Å². The third-order valence-electron chi connectivity index (χ3n) is 5.47. The van der Waals surface area contributed by atoms with E-state index in [9.17, 15) is 14.4 Å². The maximum Gasteiger partial charge on any atom is 0.338 e. The van der Waals surface area contributed by atoms with Crippen molar-refractivity contribution in [2.75, 3.05) is 13.2 Å². The molecule has 4 rings (SSSR count). The topological polar surface area (TPSA) is 113 Å². The van der Waals surface area contributed by atoms with E-state index in [0.29, 0.717) is 26.4 Å². The number of nitrogens with two attached hydrogens (primary N) is 1. The standard InChI is InChI=1S/C26H25N3O5S/c1-4-33-25(32)22-16(3)28-26-29(23(22)18-9-5-15(2)6-10-18)24(31)20(35-26)13-17-7-11-19(12-8-17)34-14-21(27)30/h5-13,23H,4,14H2,1-3H3,(H2,27,30)/b20-13+/t23-/m1/s1. The van der Waals surface area contributed by atoms with Crippen LogP contribution in [0.3, 0.4) is 0 Å². The molecule has 0 fully saturated rings. The first-order chi connectivity index (χ1) is 16.8. The van der Waals surface area contributed by atoms with E-state index in [1.165, 1.54) is 11.3 Å². The van der Waals surface area contributed by atoms with Crippen LogP contribution < -0.4 is 25.4 Å². The maximum atomic E-state index is 13.6. The van der Waals surface area contributed by atoms with E-state index in [1.54, 1.807) is 48.8 Å². The summed E-state index contributed by atoms with van der Waals surface area (Å²) in [4.78, 5) is 42.5. The van der Waals surface area contributed by atoms with E-state index in [4.69, 9.17) is 15.2 Å². The van der Waals surface area contributed by atoms with Crippen LogP contribution in [0.2, 0.25) is 0 Å². The van der Waals surface area contributed by atoms with Gasteiger partial charge >= 0.3 is 5.97 Å². The van der Waals surface area contributed by atoms with Crippen molar-refractivity contribution in [2.24, 2.45) is 10.7 Å². The van der Waals surface area contributed by atoms with Crippen molar-refractivity contribution in [3.05, 3.63) is 96.2 Å². The quantitative estimate of drug-likeness (QED) is 0.508. The molecule has 0 radical (unpaired) electrons. The molecule has 2 aromatic carbocycles. The van der Waals surface area contributed by atoms with E-state index in [-0.39, 0.29) is 18.8 Å². The summed E-state index contributed by atoms with van der Waals surface area (Å²) in [6.07, 6.45) is 1.76. The van der Waals surface area contributed by atoms with Gasteiger partial charge in [-0.25, -0.2) is 9.79 Å². The number of aromatic nitrogens is 1. The first-order valence-corrected chi connectivity index (χ1v) is 11.9. The van der Waals surface area contributed by atoms with E-state index < -0.39 is 17.9 Å². The van der Waals surface area contributed by atoms with Gasteiger partial charge in [-0.2, -0.15) is 0 Å². The number of amides is 1. The Kier molecular flexibility index (Phi) is 6.97. The van der Waals surface area contributed by atoms with Crippen LogP contribution in [0, 0.1) is 6.92 Å². The minimum absolute atomic E-state index is 0.209. The van der Waals surface area contributed by atoms with Gasteiger partial charge in [0.15, 0.2) is 11.4 Å². The predicted molar refractivity (Wildman–Crippen MR) is 133 cm³/mol. The third-order valence-corrected chi connectivity index (χ3v) is 6.45. The number of hydrogen-bond donors (Lipinski definition) is 1. The number of carbonyl (C=O) groups is 2. The number of carbonyl (C=O) groups excluding carboxylic acids is 2. The zero-order valence-electron chi connectivity index (χ0n) is 19.6. The van der Waals surface area contributed by atoms with E-state index >= 15 is 0 Å². The minimum atomic E-state index is -0.641. The second kappa shape index (κ2) is 10.1. The highest BCUT2D eigenvalue weighted by atomic mass is 32.1. The van der Waals surface area contributed by atoms with Gasteiger partial charge in [-0.3, -0.25) is 14.2 Å². The SMILES string of the molecule is CCOC(=O)C1=C(C)N=c2s/c(=C/c3ccc(OCC(N)=O)cc3)c(=O)n2[C@@H]1c1ccc(C)cc1. The monoisotopic (exact) mass is 491 g/mol. The Balaban J connectivity index is 1.81. The number of esters is 1. The summed E-state index contributed by atoms with van der Waals surface area (Å²) in [6.45, 7) is 5.50. The van der Waals surface area contributed by atoms with E-state index in [0.717, 1.165) is 16.7 Å². The van der Waals surface area contributed by atoms with Crippen molar-refractivity contribution in [3.63, 3.8) is 0 Å².